The highest BCUT2D eigenvalue weighted by atomic mass is 16.5. The van der Waals surface area contributed by atoms with Crippen LogP contribution in [0, 0.1) is 19.8 Å². The van der Waals surface area contributed by atoms with E-state index in [4.69, 9.17) is 4.74 Å². The summed E-state index contributed by atoms with van der Waals surface area (Å²) in [6.07, 6.45) is 3.89. The van der Waals surface area contributed by atoms with Crippen molar-refractivity contribution < 1.29 is 14.3 Å². The van der Waals surface area contributed by atoms with Crippen LogP contribution in [0.2, 0.25) is 0 Å². The maximum absolute atomic E-state index is 12.3. The number of hydrogen-bond donors (Lipinski definition) is 1. The molecular formula is C18H26N4O3. The number of aryl methyl sites for hydroxylation is 2. The number of aromatic nitrogens is 2. The van der Waals surface area contributed by atoms with Crippen molar-refractivity contribution in [2.24, 2.45) is 5.92 Å². The Morgan fingerprint density at radius 1 is 1.20 bits per heavy atom. The zero-order valence-corrected chi connectivity index (χ0v) is 15.1. The minimum atomic E-state index is -0.213. The van der Waals surface area contributed by atoms with Gasteiger partial charge in [0.1, 0.15) is 6.10 Å². The van der Waals surface area contributed by atoms with Gasteiger partial charge in [0.05, 0.1) is 5.92 Å². The van der Waals surface area contributed by atoms with Gasteiger partial charge < -0.3 is 15.0 Å². The highest BCUT2D eigenvalue weighted by Crippen LogP contribution is 2.24. The average Bonchev–Trinajstić information content (AvgIpc) is 2.88. The first-order valence-electron chi connectivity index (χ1n) is 8.94. The fraction of sp³-hybridized carbons (Fsp3) is 0.667. The maximum atomic E-state index is 12.3. The van der Waals surface area contributed by atoms with Gasteiger partial charge in [-0.1, -0.05) is 0 Å². The normalized spacial score (nSPS) is 26.6. The number of nitrogens with one attached hydrogen (secondary N) is 1. The lowest BCUT2D eigenvalue weighted by atomic mass is 9.92. The van der Waals surface area contributed by atoms with Crippen LogP contribution in [0.5, 0.6) is 6.01 Å². The molecule has 0 aromatic carbocycles. The van der Waals surface area contributed by atoms with E-state index in [2.05, 4.69) is 15.3 Å². The third kappa shape index (κ3) is 4.46. The molecule has 7 nitrogen and oxygen atoms in total. The lowest BCUT2D eigenvalue weighted by molar-refractivity contribution is -0.128. The molecule has 2 heterocycles. The van der Waals surface area contributed by atoms with Crippen LogP contribution >= 0.6 is 0 Å². The molecule has 0 spiro atoms. The van der Waals surface area contributed by atoms with Gasteiger partial charge in [0.15, 0.2) is 0 Å². The Balaban J connectivity index is 1.45. The molecule has 3 rings (SSSR count). The van der Waals surface area contributed by atoms with Crippen molar-refractivity contribution in [3.05, 3.63) is 17.5 Å². The summed E-state index contributed by atoms with van der Waals surface area (Å²) in [6, 6.07) is 2.52. The summed E-state index contributed by atoms with van der Waals surface area (Å²) in [5.41, 5.74) is 1.80. The van der Waals surface area contributed by atoms with E-state index in [1.807, 2.05) is 19.9 Å². The third-order valence-electron chi connectivity index (χ3n) is 4.97. The minimum absolute atomic E-state index is 0.000268. The molecule has 0 unspecified atom stereocenters. The fourth-order valence-electron chi connectivity index (χ4n) is 3.58. The average molecular weight is 346 g/mol. The first kappa shape index (κ1) is 17.6. The lowest BCUT2D eigenvalue weighted by Gasteiger charge is -2.29. The summed E-state index contributed by atoms with van der Waals surface area (Å²) in [4.78, 5) is 34.1. The van der Waals surface area contributed by atoms with Gasteiger partial charge in [0.2, 0.25) is 11.8 Å². The van der Waals surface area contributed by atoms with Gasteiger partial charge in [-0.3, -0.25) is 9.59 Å². The zero-order chi connectivity index (χ0) is 18.0. The molecule has 7 heteroatoms. The van der Waals surface area contributed by atoms with Gasteiger partial charge >= 0.3 is 6.01 Å². The van der Waals surface area contributed by atoms with E-state index in [9.17, 15) is 9.59 Å². The van der Waals surface area contributed by atoms with Crippen molar-refractivity contribution in [1.29, 1.82) is 0 Å². The monoisotopic (exact) mass is 346 g/mol. The lowest BCUT2D eigenvalue weighted by Crippen LogP contribution is -2.43. The number of likely N-dealkylation sites (tertiary alicyclic amines) is 1. The molecule has 1 aliphatic heterocycles. The summed E-state index contributed by atoms with van der Waals surface area (Å²) in [7, 11) is 1.74. The molecule has 0 bridgehead atoms. The van der Waals surface area contributed by atoms with E-state index in [-0.39, 0.29) is 29.9 Å². The second-order valence-corrected chi connectivity index (χ2v) is 7.21. The van der Waals surface area contributed by atoms with Gasteiger partial charge in [-0.25, -0.2) is 9.97 Å². The van der Waals surface area contributed by atoms with Gasteiger partial charge in [-0.05, 0) is 45.6 Å². The van der Waals surface area contributed by atoms with Gasteiger partial charge in [-0.2, -0.15) is 0 Å². The molecule has 0 radical (unpaired) electrons. The van der Waals surface area contributed by atoms with E-state index in [0.717, 1.165) is 37.1 Å². The van der Waals surface area contributed by atoms with Gasteiger partial charge in [0, 0.05) is 37.4 Å². The molecule has 2 fully saturated rings. The van der Waals surface area contributed by atoms with Crippen molar-refractivity contribution in [2.75, 3.05) is 13.6 Å². The number of ether oxygens (including phenoxy) is 1. The quantitative estimate of drug-likeness (QED) is 0.890. The Morgan fingerprint density at radius 2 is 1.84 bits per heavy atom. The van der Waals surface area contributed by atoms with Crippen LogP contribution in [0.15, 0.2) is 6.07 Å². The number of carbonyl (C=O) groups excluding carboxylic acids is 2. The van der Waals surface area contributed by atoms with E-state index in [1.165, 1.54) is 0 Å². The molecule has 2 aliphatic rings. The van der Waals surface area contributed by atoms with Crippen molar-refractivity contribution in [3.63, 3.8) is 0 Å². The summed E-state index contributed by atoms with van der Waals surface area (Å²) in [5.74, 6) is -0.166. The minimum Gasteiger partial charge on any atom is -0.460 e. The maximum Gasteiger partial charge on any atom is 0.317 e. The van der Waals surface area contributed by atoms with E-state index in [1.54, 1.807) is 11.9 Å². The largest absolute Gasteiger partial charge is 0.460 e. The van der Waals surface area contributed by atoms with Gasteiger partial charge in [-0.15, -0.1) is 0 Å². The Morgan fingerprint density at radius 3 is 2.40 bits per heavy atom. The Labute approximate surface area is 148 Å². The van der Waals surface area contributed by atoms with Crippen molar-refractivity contribution in [1.82, 2.24) is 20.2 Å². The molecule has 25 heavy (non-hydrogen) atoms. The van der Waals surface area contributed by atoms with Crippen LogP contribution in [-0.4, -0.2) is 52.4 Å². The fourth-order valence-corrected chi connectivity index (χ4v) is 3.58. The summed E-state index contributed by atoms with van der Waals surface area (Å²) in [6.45, 7) is 4.38. The van der Waals surface area contributed by atoms with Gasteiger partial charge in [0.25, 0.3) is 0 Å². The third-order valence-corrected chi connectivity index (χ3v) is 4.97. The predicted octanol–water partition coefficient (Wildman–Crippen LogP) is 1.38. The predicted molar refractivity (Wildman–Crippen MR) is 92.1 cm³/mol. The smallest absolute Gasteiger partial charge is 0.317 e. The molecule has 136 valence electrons. The number of carbonyl (C=O) groups is 2. The van der Waals surface area contributed by atoms with Crippen molar-refractivity contribution in [2.45, 2.75) is 58.1 Å². The van der Waals surface area contributed by atoms with Crippen LogP contribution in [0.4, 0.5) is 0 Å². The number of rotatable bonds is 4. The van der Waals surface area contributed by atoms with Crippen LogP contribution < -0.4 is 10.1 Å². The summed E-state index contributed by atoms with van der Waals surface area (Å²) < 4.78 is 5.91. The highest BCUT2D eigenvalue weighted by molar-refractivity contribution is 5.89. The first-order chi connectivity index (χ1) is 11.9. The van der Waals surface area contributed by atoms with E-state index in [0.29, 0.717) is 19.0 Å². The van der Waals surface area contributed by atoms with Crippen LogP contribution in [0.25, 0.3) is 0 Å². The van der Waals surface area contributed by atoms with Crippen LogP contribution in [0.3, 0.4) is 0 Å². The first-order valence-corrected chi connectivity index (χ1v) is 8.94. The second kappa shape index (κ2) is 7.37. The molecule has 1 aromatic rings. The highest BCUT2D eigenvalue weighted by Gasteiger charge is 2.33. The van der Waals surface area contributed by atoms with Crippen molar-refractivity contribution in [3.8, 4) is 6.01 Å². The molecule has 1 aromatic heterocycles. The number of amides is 2. The van der Waals surface area contributed by atoms with Crippen LogP contribution in [0.1, 0.15) is 43.5 Å². The van der Waals surface area contributed by atoms with E-state index >= 15 is 0 Å². The zero-order valence-electron chi connectivity index (χ0n) is 15.1. The van der Waals surface area contributed by atoms with Crippen LogP contribution in [-0.2, 0) is 9.59 Å². The Hall–Kier alpha value is -2.18. The Kier molecular flexibility index (Phi) is 5.20. The standard InChI is InChI=1S/C18H26N4O3/c1-11-8-12(2)20-18(19-11)25-15-6-4-14(5-7-15)21-17(24)13-9-16(23)22(3)10-13/h8,13-15H,4-7,9-10H2,1-3H3,(H,21,24)/t13-,14?,15?/m0/s1. The summed E-state index contributed by atoms with van der Waals surface area (Å²) >= 11 is 0. The number of nitrogens with zero attached hydrogens (tertiary/aromatic N) is 3. The molecule has 2 amide bonds. The second-order valence-electron chi connectivity index (χ2n) is 7.21. The SMILES string of the molecule is Cc1cc(C)nc(OC2CCC(NC(=O)[C@H]3CC(=O)N(C)C3)CC2)n1. The number of hydrogen-bond acceptors (Lipinski definition) is 5. The molecule has 1 saturated heterocycles. The van der Waals surface area contributed by atoms with Crippen molar-refractivity contribution >= 4 is 11.8 Å². The van der Waals surface area contributed by atoms with E-state index < -0.39 is 0 Å². The Bertz CT molecular complexity index is 635. The molecule has 1 N–H and O–H groups in total. The molecular weight excluding hydrogens is 320 g/mol. The molecule has 1 atom stereocenters. The molecule has 1 saturated carbocycles. The topological polar surface area (TPSA) is 84.4 Å². The molecule has 1 aliphatic carbocycles. The summed E-state index contributed by atoms with van der Waals surface area (Å²) in [5, 5.41) is 3.10.